The summed E-state index contributed by atoms with van der Waals surface area (Å²) in [6.07, 6.45) is 0.629. The van der Waals surface area contributed by atoms with Crippen LogP contribution in [0.15, 0.2) is 29.2 Å². The number of hydrogen-bond donors (Lipinski definition) is 2. The Morgan fingerprint density at radius 1 is 1.38 bits per heavy atom. The largest absolute Gasteiger partial charge is 0.328 e. The topological polar surface area (TPSA) is 72.2 Å². The van der Waals surface area contributed by atoms with Crippen molar-refractivity contribution < 1.29 is 8.42 Å². The number of hydrogen-bond acceptors (Lipinski definition) is 3. The third-order valence-electron chi connectivity index (χ3n) is 2.02. The van der Waals surface area contributed by atoms with Gasteiger partial charge in [-0.1, -0.05) is 0 Å². The van der Waals surface area contributed by atoms with Crippen LogP contribution in [-0.2, 0) is 10.0 Å². The van der Waals surface area contributed by atoms with E-state index in [2.05, 4.69) is 27.3 Å². The summed E-state index contributed by atoms with van der Waals surface area (Å²) in [6.45, 7) is 2.21. The van der Waals surface area contributed by atoms with Crippen LogP contribution < -0.4 is 10.5 Å². The molecule has 0 aromatic heterocycles. The van der Waals surface area contributed by atoms with E-state index in [0.29, 0.717) is 13.0 Å². The predicted molar refractivity (Wildman–Crippen MR) is 72.6 cm³/mol. The first-order valence-electron chi connectivity index (χ1n) is 4.92. The molecule has 0 aliphatic carbocycles. The van der Waals surface area contributed by atoms with Crippen molar-refractivity contribution in [2.45, 2.75) is 24.3 Å². The minimum absolute atomic E-state index is 0.000535. The Morgan fingerprint density at radius 2 is 1.94 bits per heavy atom. The zero-order valence-electron chi connectivity index (χ0n) is 8.98. The van der Waals surface area contributed by atoms with Crippen LogP contribution in [-0.4, -0.2) is 21.0 Å². The van der Waals surface area contributed by atoms with Gasteiger partial charge in [0.05, 0.1) is 4.90 Å². The van der Waals surface area contributed by atoms with E-state index in [1.807, 2.05) is 6.92 Å². The van der Waals surface area contributed by atoms with Crippen LogP contribution in [0.4, 0.5) is 0 Å². The highest BCUT2D eigenvalue weighted by Crippen LogP contribution is 2.11. The first-order valence-corrected chi connectivity index (χ1v) is 7.49. The van der Waals surface area contributed by atoms with E-state index in [1.165, 1.54) is 0 Å². The van der Waals surface area contributed by atoms with Gasteiger partial charge in [0.15, 0.2) is 0 Å². The quantitative estimate of drug-likeness (QED) is 0.784. The lowest BCUT2D eigenvalue weighted by Gasteiger charge is -2.08. The van der Waals surface area contributed by atoms with Gasteiger partial charge in [0.25, 0.3) is 0 Å². The maximum Gasteiger partial charge on any atom is 0.240 e. The van der Waals surface area contributed by atoms with Gasteiger partial charge in [-0.15, -0.1) is 0 Å². The molecule has 0 radical (unpaired) electrons. The monoisotopic (exact) mass is 354 g/mol. The summed E-state index contributed by atoms with van der Waals surface area (Å²) in [5.41, 5.74) is 5.54. The molecule has 0 heterocycles. The molecule has 0 fully saturated rings. The molecule has 0 saturated carbocycles. The third kappa shape index (κ3) is 4.36. The van der Waals surface area contributed by atoms with E-state index in [4.69, 9.17) is 5.73 Å². The molecule has 0 aliphatic rings. The molecule has 90 valence electrons. The van der Waals surface area contributed by atoms with Crippen molar-refractivity contribution >= 4 is 32.6 Å². The Hall–Kier alpha value is -0.180. The van der Waals surface area contributed by atoms with Gasteiger partial charge >= 0.3 is 0 Å². The fourth-order valence-electron chi connectivity index (χ4n) is 1.12. The fraction of sp³-hybridized carbons (Fsp3) is 0.400. The average molecular weight is 354 g/mol. The van der Waals surface area contributed by atoms with Gasteiger partial charge in [-0.25, -0.2) is 13.1 Å². The second-order valence-electron chi connectivity index (χ2n) is 3.62. The molecule has 0 amide bonds. The summed E-state index contributed by atoms with van der Waals surface area (Å²) < 4.78 is 27.1. The third-order valence-corrected chi connectivity index (χ3v) is 4.21. The number of nitrogens with one attached hydrogen (secondary N) is 1. The van der Waals surface area contributed by atoms with Crippen LogP contribution >= 0.6 is 22.6 Å². The first-order chi connectivity index (χ1) is 7.42. The summed E-state index contributed by atoms with van der Waals surface area (Å²) >= 11 is 2.13. The van der Waals surface area contributed by atoms with Crippen LogP contribution in [0.3, 0.4) is 0 Å². The molecule has 1 rings (SSSR count). The standard InChI is InChI=1S/C10H15IN2O2S/c1-8(12)6-7-13-16(14,15)10-4-2-9(11)3-5-10/h2-5,8,13H,6-7,12H2,1H3. The Kier molecular flexibility index (Phi) is 5.16. The van der Waals surface area contributed by atoms with Crippen LogP contribution in [0.2, 0.25) is 0 Å². The maximum absolute atomic E-state index is 11.8. The lowest BCUT2D eigenvalue weighted by molar-refractivity contribution is 0.572. The molecule has 1 atom stereocenters. The Morgan fingerprint density at radius 3 is 2.44 bits per heavy atom. The van der Waals surface area contributed by atoms with E-state index in [-0.39, 0.29) is 10.9 Å². The highest BCUT2D eigenvalue weighted by molar-refractivity contribution is 14.1. The number of benzene rings is 1. The Labute approximate surface area is 110 Å². The molecule has 16 heavy (non-hydrogen) atoms. The van der Waals surface area contributed by atoms with Crippen molar-refractivity contribution in [1.29, 1.82) is 0 Å². The van der Waals surface area contributed by atoms with Gasteiger partial charge in [0.1, 0.15) is 0 Å². The summed E-state index contributed by atoms with van der Waals surface area (Å²) in [6, 6.07) is 6.72. The summed E-state index contributed by atoms with van der Waals surface area (Å²) in [5.74, 6) is 0. The first kappa shape index (κ1) is 13.9. The summed E-state index contributed by atoms with van der Waals surface area (Å²) in [4.78, 5) is 0.289. The van der Waals surface area contributed by atoms with Gasteiger partial charge in [0.2, 0.25) is 10.0 Å². The fourth-order valence-corrected chi connectivity index (χ4v) is 2.53. The molecule has 0 saturated heterocycles. The molecule has 0 bridgehead atoms. The molecular weight excluding hydrogens is 339 g/mol. The van der Waals surface area contributed by atoms with Gasteiger partial charge in [-0.3, -0.25) is 0 Å². The molecule has 4 nitrogen and oxygen atoms in total. The van der Waals surface area contributed by atoms with Crippen LogP contribution in [0.1, 0.15) is 13.3 Å². The van der Waals surface area contributed by atoms with E-state index in [9.17, 15) is 8.42 Å². The van der Waals surface area contributed by atoms with Crippen molar-refractivity contribution in [3.8, 4) is 0 Å². The molecule has 3 N–H and O–H groups in total. The SMILES string of the molecule is CC(N)CCNS(=O)(=O)c1ccc(I)cc1. The van der Waals surface area contributed by atoms with Gasteiger partial charge in [0, 0.05) is 16.2 Å². The second-order valence-corrected chi connectivity index (χ2v) is 6.63. The second kappa shape index (κ2) is 5.95. The van der Waals surface area contributed by atoms with Crippen LogP contribution in [0.25, 0.3) is 0 Å². The van der Waals surface area contributed by atoms with Gasteiger partial charge < -0.3 is 5.73 Å². The lowest BCUT2D eigenvalue weighted by Crippen LogP contribution is -2.29. The molecule has 1 unspecified atom stereocenters. The molecule has 0 spiro atoms. The molecule has 1 aromatic carbocycles. The lowest BCUT2D eigenvalue weighted by atomic mass is 10.3. The molecule has 6 heteroatoms. The van der Waals surface area contributed by atoms with Crippen molar-refractivity contribution in [3.05, 3.63) is 27.8 Å². The van der Waals surface area contributed by atoms with Gasteiger partial charge in [-0.2, -0.15) is 0 Å². The summed E-state index contributed by atoms with van der Waals surface area (Å²) in [5, 5.41) is 0. The van der Waals surface area contributed by atoms with E-state index in [1.54, 1.807) is 24.3 Å². The molecular formula is C10H15IN2O2S. The van der Waals surface area contributed by atoms with Crippen molar-refractivity contribution in [1.82, 2.24) is 4.72 Å². The number of rotatable bonds is 5. The minimum atomic E-state index is -3.38. The number of halogens is 1. The predicted octanol–water partition coefficient (Wildman–Crippen LogP) is 1.31. The normalized spacial score (nSPS) is 13.7. The van der Waals surface area contributed by atoms with E-state index >= 15 is 0 Å². The highest BCUT2D eigenvalue weighted by atomic mass is 127. The number of sulfonamides is 1. The molecule has 0 aliphatic heterocycles. The number of nitrogens with two attached hydrogens (primary N) is 1. The smallest absolute Gasteiger partial charge is 0.240 e. The highest BCUT2D eigenvalue weighted by Gasteiger charge is 2.12. The zero-order valence-corrected chi connectivity index (χ0v) is 12.0. The summed E-state index contributed by atoms with van der Waals surface area (Å²) in [7, 11) is -3.38. The Balaban J connectivity index is 2.67. The minimum Gasteiger partial charge on any atom is -0.328 e. The van der Waals surface area contributed by atoms with E-state index in [0.717, 1.165) is 3.57 Å². The molecule has 1 aromatic rings. The van der Waals surface area contributed by atoms with Crippen LogP contribution in [0.5, 0.6) is 0 Å². The Bertz CT molecular complexity index is 429. The van der Waals surface area contributed by atoms with Crippen molar-refractivity contribution in [3.63, 3.8) is 0 Å². The van der Waals surface area contributed by atoms with Crippen molar-refractivity contribution in [2.24, 2.45) is 5.73 Å². The maximum atomic E-state index is 11.8. The van der Waals surface area contributed by atoms with Crippen LogP contribution in [0, 0.1) is 3.57 Å². The van der Waals surface area contributed by atoms with Crippen molar-refractivity contribution in [2.75, 3.05) is 6.54 Å². The van der Waals surface area contributed by atoms with Gasteiger partial charge in [-0.05, 0) is 60.2 Å². The zero-order chi connectivity index (χ0) is 12.2. The van der Waals surface area contributed by atoms with E-state index < -0.39 is 10.0 Å². The average Bonchev–Trinajstić information content (AvgIpc) is 2.17.